The molecule has 0 saturated heterocycles. The molecule has 1 aromatic heterocycles. The number of rotatable bonds is 4. The summed E-state index contributed by atoms with van der Waals surface area (Å²) in [6.45, 7) is 1.53. The summed E-state index contributed by atoms with van der Waals surface area (Å²) in [5.74, 6) is -0.505. The number of hydrogen-bond donors (Lipinski definition) is 2. The number of aryl methyl sites for hydroxylation is 1. The van der Waals surface area contributed by atoms with Crippen LogP contribution in [-0.2, 0) is 6.18 Å². The minimum atomic E-state index is -4.53. The third-order valence-electron chi connectivity index (χ3n) is 3.33. The molecule has 7 heteroatoms. The highest BCUT2D eigenvalue weighted by molar-refractivity contribution is 5.95. The van der Waals surface area contributed by atoms with E-state index in [0.29, 0.717) is 0 Å². The lowest BCUT2D eigenvalue weighted by Gasteiger charge is -2.14. The molecular weight excluding hydrogens is 307 g/mol. The molecule has 1 heterocycles. The van der Waals surface area contributed by atoms with E-state index in [-0.39, 0.29) is 17.8 Å². The van der Waals surface area contributed by atoms with Gasteiger partial charge in [0.25, 0.3) is 5.91 Å². The normalized spacial score (nSPS) is 12.7. The zero-order chi connectivity index (χ0) is 17.0. The van der Waals surface area contributed by atoms with Gasteiger partial charge in [0.05, 0.1) is 11.3 Å². The molecule has 1 atom stereocenters. The lowest BCUT2D eigenvalue weighted by atomic mass is 10.1. The van der Waals surface area contributed by atoms with Crippen LogP contribution in [0.3, 0.4) is 0 Å². The number of hydrogen-bond acceptors (Lipinski definition) is 3. The molecule has 2 rings (SSSR count). The maximum absolute atomic E-state index is 12.6. The number of nitrogens with one attached hydrogen (secondary N) is 1. The van der Waals surface area contributed by atoms with E-state index in [4.69, 9.17) is 5.73 Å². The van der Waals surface area contributed by atoms with Crippen LogP contribution < -0.4 is 11.1 Å². The van der Waals surface area contributed by atoms with E-state index in [1.54, 1.807) is 0 Å². The standard InChI is InChI=1S/C16H16F3N3O/c1-10-12(7-8-14(22-10)16(17,18)19)15(23)21-9-13(20)11-5-3-2-4-6-11/h2-8,13H,9,20H2,1H3,(H,21,23). The number of alkyl halides is 3. The zero-order valence-electron chi connectivity index (χ0n) is 12.4. The number of carbonyl (C=O) groups is 1. The Labute approximate surface area is 131 Å². The molecular formula is C16H16F3N3O. The summed E-state index contributed by atoms with van der Waals surface area (Å²) in [5.41, 5.74) is 5.91. The molecule has 0 spiro atoms. The molecule has 0 radical (unpaired) electrons. The summed E-state index contributed by atoms with van der Waals surface area (Å²) in [4.78, 5) is 15.5. The molecule has 0 bridgehead atoms. The Morgan fingerprint density at radius 1 is 1.22 bits per heavy atom. The van der Waals surface area contributed by atoms with Crippen LogP contribution in [0.2, 0.25) is 0 Å². The first-order valence-electron chi connectivity index (χ1n) is 6.92. The smallest absolute Gasteiger partial charge is 0.350 e. The SMILES string of the molecule is Cc1nc(C(F)(F)F)ccc1C(=O)NCC(N)c1ccccc1. The van der Waals surface area contributed by atoms with Crippen molar-refractivity contribution in [3.63, 3.8) is 0 Å². The van der Waals surface area contributed by atoms with Crippen LogP contribution in [0.1, 0.15) is 33.4 Å². The van der Waals surface area contributed by atoms with Gasteiger partial charge in [-0.15, -0.1) is 0 Å². The molecule has 1 unspecified atom stereocenters. The van der Waals surface area contributed by atoms with Crippen molar-refractivity contribution in [1.82, 2.24) is 10.3 Å². The molecule has 122 valence electrons. The number of amides is 1. The largest absolute Gasteiger partial charge is 0.433 e. The fourth-order valence-corrected chi connectivity index (χ4v) is 2.07. The van der Waals surface area contributed by atoms with Crippen LogP contribution in [-0.4, -0.2) is 17.4 Å². The van der Waals surface area contributed by atoms with Crippen LogP contribution in [0.5, 0.6) is 0 Å². The second-order valence-corrected chi connectivity index (χ2v) is 5.05. The van der Waals surface area contributed by atoms with Crippen molar-refractivity contribution < 1.29 is 18.0 Å². The van der Waals surface area contributed by atoms with Gasteiger partial charge in [0.15, 0.2) is 0 Å². The highest BCUT2D eigenvalue weighted by Gasteiger charge is 2.33. The van der Waals surface area contributed by atoms with Crippen LogP contribution in [0, 0.1) is 6.92 Å². The Morgan fingerprint density at radius 3 is 2.43 bits per heavy atom. The highest BCUT2D eigenvalue weighted by Crippen LogP contribution is 2.28. The second kappa shape index (κ2) is 6.78. The molecule has 0 aliphatic heterocycles. The van der Waals surface area contributed by atoms with Crippen molar-refractivity contribution in [2.45, 2.75) is 19.1 Å². The summed E-state index contributed by atoms with van der Waals surface area (Å²) < 4.78 is 37.7. The van der Waals surface area contributed by atoms with Gasteiger partial charge in [-0.1, -0.05) is 30.3 Å². The van der Waals surface area contributed by atoms with E-state index in [1.807, 2.05) is 30.3 Å². The minimum Gasteiger partial charge on any atom is -0.350 e. The van der Waals surface area contributed by atoms with Gasteiger partial charge in [-0.3, -0.25) is 4.79 Å². The molecule has 0 saturated carbocycles. The molecule has 0 fully saturated rings. The Morgan fingerprint density at radius 2 is 1.87 bits per heavy atom. The molecule has 0 aliphatic carbocycles. The Kier molecular flexibility index (Phi) is 5.00. The van der Waals surface area contributed by atoms with E-state index in [9.17, 15) is 18.0 Å². The summed E-state index contributed by atoms with van der Waals surface area (Å²) in [5, 5.41) is 2.61. The van der Waals surface area contributed by atoms with Crippen molar-refractivity contribution in [3.05, 3.63) is 65.0 Å². The molecule has 0 aliphatic rings. The van der Waals surface area contributed by atoms with Gasteiger partial charge in [-0.05, 0) is 24.6 Å². The third-order valence-corrected chi connectivity index (χ3v) is 3.33. The van der Waals surface area contributed by atoms with Crippen LogP contribution in [0.25, 0.3) is 0 Å². The van der Waals surface area contributed by atoms with E-state index in [1.165, 1.54) is 6.92 Å². The van der Waals surface area contributed by atoms with E-state index >= 15 is 0 Å². The fraction of sp³-hybridized carbons (Fsp3) is 0.250. The van der Waals surface area contributed by atoms with E-state index in [2.05, 4.69) is 10.3 Å². The average molecular weight is 323 g/mol. The van der Waals surface area contributed by atoms with Crippen molar-refractivity contribution in [2.75, 3.05) is 6.54 Å². The summed E-state index contributed by atoms with van der Waals surface area (Å²) >= 11 is 0. The van der Waals surface area contributed by atoms with Gasteiger partial charge in [0.2, 0.25) is 0 Å². The lowest BCUT2D eigenvalue weighted by Crippen LogP contribution is -2.32. The first-order valence-corrected chi connectivity index (χ1v) is 6.92. The van der Waals surface area contributed by atoms with Crippen LogP contribution in [0.15, 0.2) is 42.5 Å². The molecule has 1 aromatic carbocycles. The number of carbonyl (C=O) groups excluding carboxylic acids is 1. The molecule has 1 amide bonds. The highest BCUT2D eigenvalue weighted by atomic mass is 19.4. The van der Waals surface area contributed by atoms with Gasteiger partial charge in [0, 0.05) is 12.6 Å². The average Bonchev–Trinajstić information content (AvgIpc) is 2.52. The first kappa shape index (κ1) is 17.0. The third kappa shape index (κ3) is 4.29. The molecule has 3 N–H and O–H groups in total. The van der Waals surface area contributed by atoms with Gasteiger partial charge in [0.1, 0.15) is 5.69 Å². The summed E-state index contributed by atoms with van der Waals surface area (Å²) in [6.07, 6.45) is -4.53. The number of pyridine rings is 1. The summed E-state index contributed by atoms with van der Waals surface area (Å²) in [6, 6.07) is 10.7. The van der Waals surface area contributed by atoms with Gasteiger partial charge in [-0.2, -0.15) is 13.2 Å². The maximum Gasteiger partial charge on any atom is 0.433 e. The van der Waals surface area contributed by atoms with Crippen molar-refractivity contribution in [1.29, 1.82) is 0 Å². The number of nitrogens with zero attached hydrogens (tertiary/aromatic N) is 1. The molecule has 2 aromatic rings. The topological polar surface area (TPSA) is 68.0 Å². The molecule has 4 nitrogen and oxygen atoms in total. The quantitative estimate of drug-likeness (QED) is 0.909. The minimum absolute atomic E-state index is 0.0191. The second-order valence-electron chi connectivity index (χ2n) is 5.05. The van der Waals surface area contributed by atoms with E-state index in [0.717, 1.165) is 17.7 Å². The Hall–Kier alpha value is -2.41. The zero-order valence-corrected chi connectivity index (χ0v) is 12.4. The summed E-state index contributed by atoms with van der Waals surface area (Å²) in [7, 11) is 0. The van der Waals surface area contributed by atoms with E-state index < -0.39 is 23.8 Å². The number of aromatic nitrogens is 1. The Bertz CT molecular complexity index is 687. The fourth-order valence-electron chi connectivity index (χ4n) is 2.07. The van der Waals surface area contributed by atoms with Crippen LogP contribution in [0.4, 0.5) is 13.2 Å². The van der Waals surface area contributed by atoms with Gasteiger partial charge in [-0.25, -0.2) is 4.98 Å². The van der Waals surface area contributed by atoms with Crippen LogP contribution >= 0.6 is 0 Å². The predicted molar refractivity (Wildman–Crippen MR) is 79.7 cm³/mol. The Balaban J connectivity index is 2.04. The maximum atomic E-state index is 12.6. The van der Waals surface area contributed by atoms with Gasteiger partial charge >= 0.3 is 6.18 Å². The monoisotopic (exact) mass is 323 g/mol. The number of benzene rings is 1. The van der Waals surface area contributed by atoms with Crippen molar-refractivity contribution in [3.8, 4) is 0 Å². The van der Waals surface area contributed by atoms with Crippen molar-refractivity contribution >= 4 is 5.91 Å². The first-order chi connectivity index (χ1) is 10.8. The van der Waals surface area contributed by atoms with Crippen molar-refractivity contribution in [2.24, 2.45) is 5.73 Å². The number of nitrogens with two attached hydrogens (primary N) is 1. The van der Waals surface area contributed by atoms with Gasteiger partial charge < -0.3 is 11.1 Å². The number of halogens is 3. The molecule has 23 heavy (non-hydrogen) atoms. The predicted octanol–water partition coefficient (Wildman–Crippen LogP) is 2.84. The lowest BCUT2D eigenvalue weighted by molar-refractivity contribution is -0.141.